The van der Waals surface area contributed by atoms with Crippen LogP contribution in [-0.4, -0.2) is 22.6 Å². The molecule has 0 atom stereocenters. The normalized spacial score (nSPS) is 11.0. The maximum atomic E-state index is 12.6. The molecule has 0 saturated heterocycles. The van der Waals surface area contributed by atoms with Crippen LogP contribution in [-0.2, 0) is 0 Å². The molecular weight excluding hydrogens is 562 g/mol. The zero-order valence-electron chi connectivity index (χ0n) is 19.0. The number of thiocarbonyl (C=S) groups is 1. The first-order chi connectivity index (χ1) is 17.4. The van der Waals surface area contributed by atoms with Crippen LogP contribution in [0, 0.1) is 0 Å². The lowest BCUT2D eigenvalue weighted by Crippen LogP contribution is -2.34. The van der Waals surface area contributed by atoms with E-state index in [9.17, 15) is 4.79 Å². The Morgan fingerprint density at radius 3 is 2.69 bits per heavy atom. The number of nitrogens with one attached hydrogen (secondary N) is 2. The smallest absolute Gasteiger partial charge is 0.257 e. The summed E-state index contributed by atoms with van der Waals surface area (Å²) in [5.74, 6) is 0.823. The molecule has 180 valence electrons. The highest BCUT2D eigenvalue weighted by molar-refractivity contribution is 9.10. The largest absolute Gasteiger partial charge is 0.493 e. The molecule has 1 heterocycles. The van der Waals surface area contributed by atoms with E-state index in [-0.39, 0.29) is 11.0 Å². The summed E-state index contributed by atoms with van der Waals surface area (Å²) in [4.78, 5) is 17.3. The van der Waals surface area contributed by atoms with E-state index >= 15 is 0 Å². The molecule has 5 aromatic rings. The molecule has 0 saturated carbocycles. The van der Waals surface area contributed by atoms with Crippen molar-refractivity contribution in [3.05, 3.63) is 87.9 Å². The minimum Gasteiger partial charge on any atom is -0.493 e. The molecule has 0 aliphatic heterocycles. The van der Waals surface area contributed by atoms with E-state index in [1.807, 2.05) is 55.5 Å². The van der Waals surface area contributed by atoms with Gasteiger partial charge in [0.2, 0.25) is 5.89 Å². The molecule has 0 spiro atoms. The second-order valence-corrected chi connectivity index (χ2v) is 9.50. The van der Waals surface area contributed by atoms with E-state index in [0.717, 1.165) is 16.3 Å². The van der Waals surface area contributed by atoms with E-state index in [4.69, 9.17) is 33.0 Å². The van der Waals surface area contributed by atoms with Crippen molar-refractivity contribution >= 4 is 78.3 Å². The van der Waals surface area contributed by atoms with Crippen molar-refractivity contribution in [3.8, 4) is 17.2 Å². The maximum absolute atomic E-state index is 12.6. The van der Waals surface area contributed by atoms with Gasteiger partial charge in [-0.25, -0.2) is 4.98 Å². The van der Waals surface area contributed by atoms with Gasteiger partial charge in [0.15, 0.2) is 10.7 Å². The van der Waals surface area contributed by atoms with E-state index in [0.29, 0.717) is 50.1 Å². The maximum Gasteiger partial charge on any atom is 0.257 e. The Bertz CT molecular complexity index is 1640. The number of anilines is 1. The predicted molar refractivity (Wildman–Crippen MR) is 151 cm³/mol. The van der Waals surface area contributed by atoms with Crippen LogP contribution in [0.4, 0.5) is 5.69 Å². The number of nitrogens with zero attached hydrogens (tertiary/aromatic N) is 1. The van der Waals surface area contributed by atoms with Crippen LogP contribution >= 0.6 is 39.7 Å². The number of oxazole rings is 1. The fourth-order valence-electron chi connectivity index (χ4n) is 3.83. The number of hydrogen-bond acceptors (Lipinski definition) is 5. The zero-order valence-corrected chi connectivity index (χ0v) is 22.1. The fraction of sp³-hybridized carbons (Fsp3) is 0.0741. The number of aromatic nitrogens is 1. The number of carbonyl (C=O) groups is 1. The lowest BCUT2D eigenvalue weighted by molar-refractivity contribution is 0.0977. The van der Waals surface area contributed by atoms with E-state index in [2.05, 4.69) is 31.5 Å². The van der Waals surface area contributed by atoms with E-state index < -0.39 is 0 Å². The van der Waals surface area contributed by atoms with Crippen LogP contribution in [0.1, 0.15) is 17.3 Å². The van der Waals surface area contributed by atoms with Crippen LogP contribution < -0.4 is 15.4 Å². The third-order valence-electron chi connectivity index (χ3n) is 5.47. The van der Waals surface area contributed by atoms with Gasteiger partial charge in [0.1, 0.15) is 11.3 Å². The van der Waals surface area contributed by atoms with Gasteiger partial charge in [0.25, 0.3) is 5.91 Å². The topological polar surface area (TPSA) is 76.4 Å². The number of amides is 1. The molecule has 36 heavy (non-hydrogen) atoms. The second-order valence-electron chi connectivity index (χ2n) is 7.83. The summed E-state index contributed by atoms with van der Waals surface area (Å²) in [6.07, 6.45) is 0. The summed E-state index contributed by atoms with van der Waals surface area (Å²) in [5.41, 5.74) is 3.25. The van der Waals surface area contributed by atoms with Crippen molar-refractivity contribution < 1.29 is 13.9 Å². The van der Waals surface area contributed by atoms with Crippen LogP contribution in [0.15, 0.2) is 81.7 Å². The standard InChI is InChI=1S/C27H19BrClN3O3S/c1-2-34-23-11-9-15(13-20(23)28)25(33)32-27(36)30-16-10-12-24-22(14-16)31-26(35-24)19-7-3-6-18-17(19)5-4-8-21(18)29/h3-14H,2H2,1H3,(H2,30,32,33,36). The first-order valence-corrected chi connectivity index (χ1v) is 12.6. The Labute approximate surface area is 225 Å². The number of benzene rings is 4. The summed E-state index contributed by atoms with van der Waals surface area (Å²) < 4.78 is 12.2. The van der Waals surface area contributed by atoms with Crippen molar-refractivity contribution in [1.29, 1.82) is 0 Å². The summed E-state index contributed by atoms with van der Waals surface area (Å²) >= 11 is 15.1. The van der Waals surface area contributed by atoms with Gasteiger partial charge in [-0.05, 0) is 89.0 Å². The third kappa shape index (κ3) is 4.93. The quantitative estimate of drug-likeness (QED) is 0.209. The van der Waals surface area contributed by atoms with Crippen LogP contribution in [0.5, 0.6) is 5.75 Å². The molecule has 0 aliphatic carbocycles. The van der Waals surface area contributed by atoms with Gasteiger partial charge in [-0.2, -0.15) is 0 Å². The minimum absolute atomic E-state index is 0.164. The number of carbonyl (C=O) groups excluding carboxylic acids is 1. The molecule has 0 aliphatic rings. The number of fused-ring (bicyclic) bond motifs is 2. The summed E-state index contributed by atoms with van der Waals surface area (Å²) in [5, 5.41) is 8.45. The second kappa shape index (κ2) is 10.3. The predicted octanol–water partition coefficient (Wildman–Crippen LogP) is 7.59. The Morgan fingerprint density at radius 1 is 1.08 bits per heavy atom. The van der Waals surface area contributed by atoms with Gasteiger partial charge in [-0.15, -0.1) is 0 Å². The monoisotopic (exact) mass is 579 g/mol. The van der Waals surface area contributed by atoms with Crippen LogP contribution in [0.3, 0.4) is 0 Å². The molecule has 5 rings (SSSR count). The lowest BCUT2D eigenvalue weighted by atomic mass is 10.0. The zero-order chi connectivity index (χ0) is 25.2. The van der Waals surface area contributed by atoms with Gasteiger partial charge in [0.05, 0.1) is 11.1 Å². The molecule has 4 aromatic carbocycles. The van der Waals surface area contributed by atoms with E-state index in [1.54, 1.807) is 24.3 Å². The summed E-state index contributed by atoms with van der Waals surface area (Å²) in [6.45, 7) is 2.43. The average molecular weight is 581 g/mol. The Balaban J connectivity index is 1.33. The van der Waals surface area contributed by atoms with Gasteiger partial charge >= 0.3 is 0 Å². The molecule has 9 heteroatoms. The Morgan fingerprint density at radius 2 is 1.89 bits per heavy atom. The summed E-state index contributed by atoms with van der Waals surface area (Å²) in [7, 11) is 0. The molecule has 0 radical (unpaired) electrons. The van der Waals surface area contributed by atoms with Crippen molar-refractivity contribution in [1.82, 2.24) is 10.3 Å². The van der Waals surface area contributed by atoms with E-state index in [1.165, 1.54) is 0 Å². The Hall–Kier alpha value is -3.46. The van der Waals surface area contributed by atoms with Gasteiger partial charge < -0.3 is 14.5 Å². The van der Waals surface area contributed by atoms with Gasteiger partial charge in [0, 0.05) is 27.2 Å². The average Bonchev–Trinajstić information content (AvgIpc) is 3.28. The van der Waals surface area contributed by atoms with Gasteiger partial charge in [-0.3, -0.25) is 10.1 Å². The molecule has 0 bridgehead atoms. The highest BCUT2D eigenvalue weighted by atomic mass is 79.9. The number of halogens is 2. The van der Waals surface area contributed by atoms with Crippen molar-refractivity contribution in [2.24, 2.45) is 0 Å². The van der Waals surface area contributed by atoms with Crippen molar-refractivity contribution in [2.45, 2.75) is 6.92 Å². The number of ether oxygens (including phenoxy) is 1. The van der Waals surface area contributed by atoms with Crippen LogP contribution in [0.25, 0.3) is 33.3 Å². The molecule has 2 N–H and O–H groups in total. The first kappa shape index (κ1) is 24.2. The van der Waals surface area contributed by atoms with Crippen molar-refractivity contribution in [3.63, 3.8) is 0 Å². The Kier molecular flexibility index (Phi) is 6.91. The van der Waals surface area contributed by atoms with Crippen molar-refractivity contribution in [2.75, 3.05) is 11.9 Å². The molecule has 1 aromatic heterocycles. The molecule has 1 amide bonds. The van der Waals surface area contributed by atoms with Crippen LogP contribution in [0.2, 0.25) is 5.02 Å². The number of hydrogen-bond donors (Lipinski definition) is 2. The SMILES string of the molecule is CCOc1ccc(C(=O)NC(=S)Nc2ccc3oc(-c4cccc5c(Cl)cccc45)nc3c2)cc1Br. The highest BCUT2D eigenvalue weighted by Gasteiger charge is 2.14. The van der Waals surface area contributed by atoms with Gasteiger partial charge in [-0.1, -0.05) is 35.9 Å². The molecule has 0 unspecified atom stereocenters. The molecule has 6 nitrogen and oxygen atoms in total. The molecular formula is C27H19BrClN3O3S. The number of rotatable bonds is 5. The fourth-order valence-corrected chi connectivity index (χ4v) is 4.77. The minimum atomic E-state index is -0.337. The first-order valence-electron chi connectivity index (χ1n) is 11.1. The molecule has 0 fully saturated rings. The highest BCUT2D eigenvalue weighted by Crippen LogP contribution is 2.34. The lowest BCUT2D eigenvalue weighted by Gasteiger charge is -2.11. The summed E-state index contributed by atoms with van der Waals surface area (Å²) in [6, 6.07) is 22.1. The third-order valence-corrected chi connectivity index (χ3v) is 6.62.